The molecule has 0 N–H and O–H groups in total. The summed E-state index contributed by atoms with van der Waals surface area (Å²) in [6.07, 6.45) is -16.5. The van der Waals surface area contributed by atoms with Crippen molar-refractivity contribution < 1.29 is 39.5 Å². The lowest BCUT2D eigenvalue weighted by molar-refractivity contribution is -0.182. The molecule has 1 radical (unpaired) electrons. The summed E-state index contributed by atoms with van der Waals surface area (Å²) in [5.41, 5.74) is -5.01. The Morgan fingerprint density at radius 1 is 0.789 bits per heavy atom. The first-order valence-corrected chi connectivity index (χ1v) is 5.21. The second kappa shape index (κ2) is 4.71. The fourth-order valence-corrected chi connectivity index (χ4v) is 2.15. The van der Waals surface area contributed by atoms with Crippen LogP contribution in [-0.2, 0) is 0 Å². The molecule has 0 amide bonds. The molecular weight excluding hydrogens is 359 g/mol. The molecule has 0 heterocycles. The maximum Gasteiger partial charge on any atom is 0.416 e. The highest BCUT2D eigenvalue weighted by Gasteiger charge is 2.58. The maximum atomic E-state index is 12.5. The van der Waals surface area contributed by atoms with Gasteiger partial charge in [-0.1, -0.05) is 28.1 Å². The van der Waals surface area contributed by atoms with E-state index in [0.29, 0.717) is 6.08 Å². The molecule has 0 fully saturated rings. The smallest absolute Gasteiger partial charge is 0.170 e. The summed E-state index contributed by atoms with van der Waals surface area (Å²) >= 11 is 2.23. The number of halogens is 10. The lowest BCUT2D eigenvalue weighted by Crippen LogP contribution is -2.38. The quantitative estimate of drug-likeness (QED) is 0.527. The molecule has 1 unspecified atom stereocenters. The first-order chi connectivity index (χ1) is 8.26. The minimum absolute atomic E-state index is 0.0326. The van der Waals surface area contributed by atoms with Gasteiger partial charge in [0.2, 0.25) is 0 Å². The number of allylic oxidation sites excluding steroid dienone is 4. The van der Waals surface area contributed by atoms with Gasteiger partial charge in [-0.2, -0.15) is 39.5 Å². The first kappa shape index (κ1) is 16.4. The number of alkyl halides is 9. The van der Waals surface area contributed by atoms with Crippen LogP contribution in [0, 0.1) is 10.7 Å². The Kier molecular flexibility index (Phi) is 4.06. The fraction of sp³-hybridized carbons (Fsp3) is 0.444. The lowest BCUT2D eigenvalue weighted by atomic mass is 9.85. The average Bonchev–Trinajstić information content (AvgIpc) is 2.11. The molecule has 0 aromatic heterocycles. The largest absolute Gasteiger partial charge is 0.416 e. The first-order valence-electron chi connectivity index (χ1n) is 4.42. The lowest BCUT2D eigenvalue weighted by Gasteiger charge is -2.31. The van der Waals surface area contributed by atoms with E-state index in [2.05, 4.69) is 15.9 Å². The van der Waals surface area contributed by atoms with Gasteiger partial charge in [-0.15, -0.1) is 0 Å². The Balaban J connectivity index is 3.56. The molecule has 1 atom stereocenters. The van der Waals surface area contributed by atoms with Crippen LogP contribution in [0.5, 0.6) is 0 Å². The standard InChI is InChI=1S/C9H3BrF9/c10-4-2-1-3(7(11,12)13)5(8(14,15)16)6(4)9(17,18)19/h1-2,6H. The van der Waals surface area contributed by atoms with Crippen LogP contribution in [0.25, 0.3) is 0 Å². The summed E-state index contributed by atoms with van der Waals surface area (Å²) in [7, 11) is 0. The molecule has 0 spiro atoms. The van der Waals surface area contributed by atoms with Gasteiger partial charge in [-0.05, 0) is 0 Å². The molecule has 10 heteroatoms. The number of hydrogen-bond donors (Lipinski definition) is 0. The van der Waals surface area contributed by atoms with Crippen LogP contribution in [0.3, 0.4) is 0 Å². The SMILES string of the molecule is FC(F)(F)C1=C(C(F)(F)F)C(C(F)(F)F)[C](Br)C=C1. The van der Waals surface area contributed by atoms with Gasteiger partial charge in [0.15, 0.2) is 0 Å². The van der Waals surface area contributed by atoms with E-state index in [-0.39, 0.29) is 6.08 Å². The van der Waals surface area contributed by atoms with Gasteiger partial charge >= 0.3 is 18.5 Å². The Morgan fingerprint density at radius 2 is 1.26 bits per heavy atom. The van der Waals surface area contributed by atoms with E-state index in [1.807, 2.05) is 0 Å². The highest BCUT2D eigenvalue weighted by Crippen LogP contribution is 2.53. The van der Waals surface area contributed by atoms with Crippen molar-refractivity contribution in [1.29, 1.82) is 0 Å². The predicted molar refractivity (Wildman–Crippen MR) is 50.0 cm³/mol. The van der Waals surface area contributed by atoms with Crippen molar-refractivity contribution in [3.63, 3.8) is 0 Å². The molecule has 0 aliphatic heterocycles. The van der Waals surface area contributed by atoms with Gasteiger partial charge in [0.1, 0.15) is 5.92 Å². The van der Waals surface area contributed by atoms with Gasteiger partial charge in [0, 0.05) is 0 Å². The van der Waals surface area contributed by atoms with Crippen molar-refractivity contribution in [2.45, 2.75) is 18.5 Å². The zero-order valence-corrected chi connectivity index (χ0v) is 10.1. The monoisotopic (exact) mass is 361 g/mol. The summed E-state index contributed by atoms with van der Waals surface area (Å²) in [5.74, 6) is -3.38. The molecule has 109 valence electrons. The molecular formula is C9H3BrF9. The highest BCUT2D eigenvalue weighted by molar-refractivity contribution is 9.11. The zero-order valence-electron chi connectivity index (χ0n) is 8.51. The summed E-state index contributed by atoms with van der Waals surface area (Å²) in [6.45, 7) is 0. The maximum absolute atomic E-state index is 12.5. The summed E-state index contributed by atoms with van der Waals surface area (Å²) in [5, 5.41) is 0. The van der Waals surface area contributed by atoms with Crippen molar-refractivity contribution in [3.05, 3.63) is 28.1 Å². The third-order valence-corrected chi connectivity index (χ3v) is 2.92. The van der Waals surface area contributed by atoms with E-state index < -0.39 is 40.4 Å². The van der Waals surface area contributed by atoms with Crippen LogP contribution < -0.4 is 0 Å². The van der Waals surface area contributed by atoms with Crippen LogP contribution >= 0.6 is 15.9 Å². The average molecular weight is 362 g/mol. The molecule has 0 aromatic rings. The van der Waals surface area contributed by atoms with Crippen LogP contribution in [0.15, 0.2) is 23.3 Å². The molecule has 1 rings (SSSR count). The Labute approximate surface area is 109 Å². The fourth-order valence-electron chi connectivity index (χ4n) is 1.53. The Hall–Kier alpha value is -0.670. The molecule has 0 aromatic carbocycles. The van der Waals surface area contributed by atoms with Gasteiger partial charge in [0.25, 0.3) is 0 Å². The van der Waals surface area contributed by atoms with Crippen LogP contribution in [0.4, 0.5) is 39.5 Å². The van der Waals surface area contributed by atoms with Gasteiger partial charge in [0.05, 0.1) is 16.0 Å². The minimum Gasteiger partial charge on any atom is -0.170 e. The van der Waals surface area contributed by atoms with Gasteiger partial charge in [-0.3, -0.25) is 0 Å². The van der Waals surface area contributed by atoms with Crippen molar-refractivity contribution in [2.24, 2.45) is 5.92 Å². The third kappa shape index (κ3) is 3.46. The van der Waals surface area contributed by atoms with E-state index in [1.165, 1.54) is 0 Å². The van der Waals surface area contributed by atoms with E-state index in [4.69, 9.17) is 0 Å². The molecule has 0 saturated carbocycles. The van der Waals surface area contributed by atoms with E-state index in [9.17, 15) is 39.5 Å². The van der Waals surface area contributed by atoms with Crippen molar-refractivity contribution in [1.82, 2.24) is 0 Å². The highest BCUT2D eigenvalue weighted by atomic mass is 79.9. The minimum atomic E-state index is -5.76. The van der Waals surface area contributed by atoms with Crippen LogP contribution in [0.2, 0.25) is 0 Å². The van der Waals surface area contributed by atoms with Crippen LogP contribution in [0.1, 0.15) is 0 Å². The summed E-state index contributed by atoms with van der Waals surface area (Å²) < 4.78 is 113. The molecule has 1 aliphatic carbocycles. The normalized spacial score (nSPS) is 23.2. The van der Waals surface area contributed by atoms with Crippen molar-refractivity contribution in [3.8, 4) is 0 Å². The number of rotatable bonds is 0. The predicted octanol–water partition coefficient (Wildman–Crippen LogP) is 5.08. The molecule has 0 nitrogen and oxygen atoms in total. The molecule has 19 heavy (non-hydrogen) atoms. The molecule has 1 aliphatic rings. The van der Waals surface area contributed by atoms with Crippen molar-refractivity contribution in [2.75, 3.05) is 0 Å². The topological polar surface area (TPSA) is 0 Å². The van der Waals surface area contributed by atoms with E-state index in [0.717, 1.165) is 0 Å². The molecule has 0 saturated heterocycles. The van der Waals surface area contributed by atoms with E-state index in [1.54, 1.807) is 0 Å². The Bertz CT molecular complexity index is 409. The second-order valence-corrected chi connectivity index (χ2v) is 4.43. The van der Waals surface area contributed by atoms with Gasteiger partial charge < -0.3 is 0 Å². The Morgan fingerprint density at radius 3 is 1.58 bits per heavy atom. The number of hydrogen-bond acceptors (Lipinski definition) is 0. The summed E-state index contributed by atoms with van der Waals surface area (Å²) in [4.78, 5) is -1.03. The van der Waals surface area contributed by atoms with E-state index >= 15 is 0 Å². The third-order valence-electron chi connectivity index (χ3n) is 2.20. The zero-order chi connectivity index (χ0) is 15.2. The van der Waals surface area contributed by atoms with Crippen LogP contribution in [-0.4, -0.2) is 18.5 Å². The molecule has 0 bridgehead atoms. The second-order valence-electron chi connectivity index (χ2n) is 3.52. The van der Waals surface area contributed by atoms with Gasteiger partial charge in [-0.25, -0.2) is 0 Å². The summed E-state index contributed by atoms with van der Waals surface area (Å²) in [6, 6.07) is 0. The van der Waals surface area contributed by atoms with Crippen molar-refractivity contribution >= 4 is 15.9 Å².